The highest BCUT2D eigenvalue weighted by atomic mass is 79.9. The molecule has 1 nitrogen and oxygen atoms in total. The Morgan fingerprint density at radius 2 is 1.75 bits per heavy atom. The minimum Gasteiger partial charge on any atom is -0.388 e. The maximum Gasteiger partial charge on any atom is 0.146 e. The van der Waals surface area contributed by atoms with Gasteiger partial charge in [0, 0.05) is 0 Å². The van der Waals surface area contributed by atoms with Gasteiger partial charge in [0.15, 0.2) is 0 Å². The lowest BCUT2D eigenvalue weighted by Gasteiger charge is -2.13. The van der Waals surface area contributed by atoms with E-state index in [2.05, 4.69) is 15.9 Å². The van der Waals surface area contributed by atoms with Crippen LogP contribution in [-0.4, -0.2) is 5.11 Å². The Morgan fingerprint density at radius 3 is 2.45 bits per heavy atom. The highest BCUT2D eigenvalue weighted by Gasteiger charge is 2.19. The van der Waals surface area contributed by atoms with Crippen LogP contribution in [0.25, 0.3) is 0 Å². The quantitative estimate of drug-likeness (QED) is 0.776. The van der Waals surface area contributed by atoms with Crippen molar-refractivity contribution in [2.45, 2.75) is 25.4 Å². The predicted octanol–water partition coefficient (Wildman–Crippen LogP) is 4.78. The predicted molar refractivity (Wildman–Crippen MR) is 78.4 cm³/mol. The number of hydrogen-bond donors (Lipinski definition) is 1. The molecular formula is C16H15BrF2O. The molecule has 2 aromatic carbocycles. The van der Waals surface area contributed by atoms with Crippen molar-refractivity contribution in [3.05, 3.63) is 69.7 Å². The van der Waals surface area contributed by atoms with E-state index in [0.717, 1.165) is 18.1 Å². The summed E-state index contributed by atoms with van der Waals surface area (Å²) in [6.45, 7) is 0. The number of halogens is 3. The molecule has 0 aliphatic heterocycles. The Bertz CT molecular complexity index is 572. The Labute approximate surface area is 125 Å². The highest BCUT2D eigenvalue weighted by Crippen LogP contribution is 2.29. The van der Waals surface area contributed by atoms with Crippen LogP contribution >= 0.6 is 15.9 Å². The fraction of sp³-hybridized carbons (Fsp3) is 0.250. The third-order valence-corrected chi connectivity index (χ3v) is 3.81. The van der Waals surface area contributed by atoms with Crippen LogP contribution in [0.2, 0.25) is 0 Å². The molecule has 1 N–H and O–H groups in total. The Kier molecular flexibility index (Phi) is 5.26. The minimum absolute atomic E-state index is 0.163. The van der Waals surface area contributed by atoms with E-state index in [1.165, 1.54) is 6.07 Å². The summed E-state index contributed by atoms with van der Waals surface area (Å²) in [6.07, 6.45) is 0.626. The first-order valence-electron chi connectivity index (χ1n) is 6.45. The van der Waals surface area contributed by atoms with Gasteiger partial charge in [-0.3, -0.25) is 0 Å². The highest BCUT2D eigenvalue weighted by molar-refractivity contribution is 9.10. The van der Waals surface area contributed by atoms with Gasteiger partial charge in [-0.25, -0.2) is 8.78 Å². The molecule has 2 rings (SSSR count). The van der Waals surface area contributed by atoms with Crippen LogP contribution in [0.4, 0.5) is 8.78 Å². The molecule has 0 aliphatic rings. The Balaban J connectivity index is 1.99. The number of aliphatic hydroxyl groups excluding tert-OH is 1. The molecule has 0 spiro atoms. The molecule has 0 aliphatic carbocycles. The largest absolute Gasteiger partial charge is 0.388 e. The van der Waals surface area contributed by atoms with Gasteiger partial charge < -0.3 is 5.11 Å². The van der Waals surface area contributed by atoms with Crippen molar-refractivity contribution in [1.29, 1.82) is 0 Å². The van der Waals surface area contributed by atoms with Gasteiger partial charge in [0.1, 0.15) is 11.6 Å². The van der Waals surface area contributed by atoms with E-state index in [-0.39, 0.29) is 10.0 Å². The number of hydrogen-bond acceptors (Lipinski definition) is 1. The van der Waals surface area contributed by atoms with Gasteiger partial charge in [-0.1, -0.05) is 30.3 Å². The first kappa shape index (κ1) is 15.1. The second kappa shape index (κ2) is 6.95. The number of aryl methyl sites for hydroxylation is 1. The van der Waals surface area contributed by atoms with Crippen LogP contribution in [0.3, 0.4) is 0 Å². The summed E-state index contributed by atoms with van der Waals surface area (Å²) in [7, 11) is 0. The van der Waals surface area contributed by atoms with Gasteiger partial charge in [0.2, 0.25) is 0 Å². The molecule has 0 saturated carbocycles. The molecule has 1 unspecified atom stereocenters. The summed E-state index contributed by atoms with van der Waals surface area (Å²) in [5.74, 6) is -1.44. The number of aliphatic hydroxyl groups is 1. The third-order valence-electron chi connectivity index (χ3n) is 3.20. The molecular weight excluding hydrogens is 326 g/mol. The average molecular weight is 341 g/mol. The smallest absolute Gasteiger partial charge is 0.146 e. The van der Waals surface area contributed by atoms with Crippen molar-refractivity contribution >= 4 is 15.9 Å². The fourth-order valence-corrected chi connectivity index (χ4v) is 2.48. The van der Waals surface area contributed by atoms with E-state index in [4.69, 9.17) is 0 Å². The van der Waals surface area contributed by atoms with Gasteiger partial charge in [-0.15, -0.1) is 0 Å². The summed E-state index contributed by atoms with van der Waals surface area (Å²) < 4.78 is 27.6. The molecule has 1 atom stereocenters. The van der Waals surface area contributed by atoms with Crippen LogP contribution in [-0.2, 0) is 6.42 Å². The maximum absolute atomic E-state index is 13.8. The van der Waals surface area contributed by atoms with E-state index < -0.39 is 17.7 Å². The maximum atomic E-state index is 13.8. The third kappa shape index (κ3) is 3.64. The molecule has 0 radical (unpaired) electrons. The molecule has 0 amide bonds. The molecule has 0 bridgehead atoms. The SMILES string of the molecule is OC(CCCc1ccccc1)c1c(F)ccc(Br)c1F. The van der Waals surface area contributed by atoms with Gasteiger partial charge in [-0.05, 0) is 52.9 Å². The van der Waals surface area contributed by atoms with Crippen molar-refractivity contribution in [1.82, 2.24) is 0 Å². The molecule has 106 valence electrons. The van der Waals surface area contributed by atoms with Crippen molar-refractivity contribution in [2.24, 2.45) is 0 Å². The molecule has 20 heavy (non-hydrogen) atoms. The zero-order valence-corrected chi connectivity index (χ0v) is 12.4. The monoisotopic (exact) mass is 340 g/mol. The van der Waals surface area contributed by atoms with E-state index >= 15 is 0 Å². The zero-order chi connectivity index (χ0) is 14.5. The first-order chi connectivity index (χ1) is 9.59. The lowest BCUT2D eigenvalue weighted by atomic mass is 10.0. The summed E-state index contributed by atoms with van der Waals surface area (Å²) in [5, 5.41) is 9.98. The van der Waals surface area contributed by atoms with Crippen molar-refractivity contribution < 1.29 is 13.9 Å². The number of rotatable bonds is 5. The second-order valence-electron chi connectivity index (χ2n) is 4.65. The zero-order valence-electron chi connectivity index (χ0n) is 10.8. The van der Waals surface area contributed by atoms with E-state index in [1.54, 1.807) is 0 Å². The van der Waals surface area contributed by atoms with Gasteiger partial charge in [0.25, 0.3) is 0 Å². The molecule has 0 fully saturated rings. The standard InChI is InChI=1S/C16H15BrF2O/c17-12-9-10-13(18)15(16(12)19)14(20)8-4-7-11-5-2-1-3-6-11/h1-3,5-6,9-10,14,20H,4,7-8H2. The van der Waals surface area contributed by atoms with Crippen LogP contribution < -0.4 is 0 Å². The van der Waals surface area contributed by atoms with Gasteiger partial charge in [0.05, 0.1) is 16.1 Å². The van der Waals surface area contributed by atoms with Crippen LogP contribution in [0.5, 0.6) is 0 Å². The fourth-order valence-electron chi connectivity index (χ4n) is 2.14. The van der Waals surface area contributed by atoms with E-state index in [9.17, 15) is 13.9 Å². The van der Waals surface area contributed by atoms with Gasteiger partial charge >= 0.3 is 0 Å². The summed E-state index contributed by atoms with van der Waals surface area (Å²) in [5.41, 5.74) is 0.891. The molecule has 0 heterocycles. The Morgan fingerprint density at radius 1 is 1.05 bits per heavy atom. The van der Waals surface area contributed by atoms with Crippen LogP contribution in [0.1, 0.15) is 30.1 Å². The van der Waals surface area contributed by atoms with Crippen LogP contribution in [0.15, 0.2) is 46.9 Å². The molecule has 0 saturated heterocycles. The van der Waals surface area contributed by atoms with Crippen molar-refractivity contribution in [3.8, 4) is 0 Å². The normalized spacial score (nSPS) is 12.4. The first-order valence-corrected chi connectivity index (χ1v) is 7.24. The van der Waals surface area contributed by atoms with Crippen molar-refractivity contribution in [3.63, 3.8) is 0 Å². The average Bonchev–Trinajstić information content (AvgIpc) is 2.44. The topological polar surface area (TPSA) is 20.2 Å². The van der Waals surface area contributed by atoms with E-state index in [0.29, 0.717) is 12.8 Å². The number of benzene rings is 2. The van der Waals surface area contributed by atoms with E-state index in [1.807, 2.05) is 30.3 Å². The Hall–Kier alpha value is -1.26. The summed E-state index contributed by atoms with van der Waals surface area (Å²) in [6, 6.07) is 12.3. The lowest BCUT2D eigenvalue weighted by Crippen LogP contribution is -2.05. The van der Waals surface area contributed by atoms with Crippen LogP contribution in [0, 0.1) is 11.6 Å². The lowest BCUT2D eigenvalue weighted by molar-refractivity contribution is 0.155. The minimum atomic E-state index is -1.13. The molecule has 4 heteroatoms. The summed E-state index contributed by atoms with van der Waals surface area (Å²) in [4.78, 5) is 0. The van der Waals surface area contributed by atoms with Crippen molar-refractivity contribution in [2.75, 3.05) is 0 Å². The van der Waals surface area contributed by atoms with Gasteiger partial charge in [-0.2, -0.15) is 0 Å². The second-order valence-corrected chi connectivity index (χ2v) is 5.50. The molecule has 2 aromatic rings. The summed E-state index contributed by atoms with van der Waals surface area (Å²) >= 11 is 3.00. The molecule has 0 aromatic heterocycles.